The van der Waals surface area contributed by atoms with Gasteiger partial charge in [0.1, 0.15) is 5.75 Å². The fraction of sp³-hybridized carbons (Fsp3) is 0.200. The molecule has 1 aliphatic heterocycles. The van der Waals surface area contributed by atoms with Crippen LogP contribution < -0.4 is 5.32 Å². The van der Waals surface area contributed by atoms with Crippen molar-refractivity contribution in [3.63, 3.8) is 0 Å². The van der Waals surface area contributed by atoms with Crippen LogP contribution in [0.1, 0.15) is 29.2 Å². The predicted octanol–water partition coefficient (Wildman–Crippen LogP) is 4.46. The van der Waals surface area contributed by atoms with Crippen LogP contribution in [-0.4, -0.2) is 16.2 Å². The molecule has 1 amide bonds. The van der Waals surface area contributed by atoms with Gasteiger partial charge in [-0.15, -0.1) is 0 Å². The first-order valence-corrected chi connectivity index (χ1v) is 8.96. The number of benzene rings is 2. The van der Waals surface area contributed by atoms with Crippen molar-refractivity contribution >= 4 is 34.6 Å². The summed E-state index contributed by atoms with van der Waals surface area (Å²) in [5.74, 6) is 0.140. The number of nitrogens with one attached hydrogen (secondary N) is 1. The molecule has 0 atom stereocenters. The second-order valence-corrected chi connectivity index (χ2v) is 7.04. The standard InChI is InChI=1S/C20H20N2O2S/c1-4-14-5-7-16(8-6-14)21-20-22-19(24)17(25-20)11-15-9-12(2)18(23)13(3)10-15/h5-11,23H,4H2,1-3H3,(H,21,22,24). The van der Waals surface area contributed by atoms with Gasteiger partial charge < -0.3 is 10.4 Å². The van der Waals surface area contributed by atoms with Crippen molar-refractivity contribution in [2.45, 2.75) is 27.2 Å². The molecule has 5 heteroatoms. The van der Waals surface area contributed by atoms with E-state index in [4.69, 9.17) is 0 Å². The topological polar surface area (TPSA) is 61.7 Å². The number of amides is 1. The fourth-order valence-electron chi connectivity index (χ4n) is 2.63. The third-order valence-corrected chi connectivity index (χ3v) is 4.95. The number of phenolic OH excluding ortho intramolecular Hbond substituents is 1. The Kier molecular flexibility index (Phi) is 4.95. The number of aryl methyl sites for hydroxylation is 3. The molecule has 0 bridgehead atoms. The molecule has 2 aromatic rings. The highest BCUT2D eigenvalue weighted by atomic mass is 32.2. The summed E-state index contributed by atoms with van der Waals surface area (Å²) in [6, 6.07) is 11.7. The number of aromatic hydroxyl groups is 1. The summed E-state index contributed by atoms with van der Waals surface area (Å²) in [5, 5.41) is 13.2. The summed E-state index contributed by atoms with van der Waals surface area (Å²) < 4.78 is 0. The van der Waals surface area contributed by atoms with E-state index in [1.807, 2.05) is 56.3 Å². The molecule has 1 aliphatic rings. The first-order chi connectivity index (χ1) is 12.0. The van der Waals surface area contributed by atoms with E-state index in [-0.39, 0.29) is 5.91 Å². The molecule has 3 rings (SSSR count). The van der Waals surface area contributed by atoms with Gasteiger partial charge in [-0.1, -0.05) is 19.1 Å². The van der Waals surface area contributed by atoms with E-state index in [9.17, 15) is 9.90 Å². The smallest absolute Gasteiger partial charge is 0.264 e. The largest absolute Gasteiger partial charge is 0.507 e. The zero-order valence-electron chi connectivity index (χ0n) is 14.5. The van der Waals surface area contributed by atoms with Crippen LogP contribution in [0.2, 0.25) is 0 Å². The number of carbonyl (C=O) groups excluding carboxylic acids is 1. The van der Waals surface area contributed by atoms with Crippen LogP contribution in [0, 0.1) is 13.8 Å². The average Bonchev–Trinajstić information content (AvgIpc) is 2.92. The van der Waals surface area contributed by atoms with E-state index in [2.05, 4.69) is 17.2 Å². The lowest BCUT2D eigenvalue weighted by Crippen LogP contribution is -2.19. The Balaban J connectivity index is 1.83. The average molecular weight is 352 g/mol. The van der Waals surface area contributed by atoms with Crippen molar-refractivity contribution < 1.29 is 9.90 Å². The van der Waals surface area contributed by atoms with Crippen LogP contribution in [0.4, 0.5) is 5.69 Å². The Labute approximate surface area is 151 Å². The van der Waals surface area contributed by atoms with Crippen molar-refractivity contribution in [1.29, 1.82) is 0 Å². The Morgan fingerprint density at radius 3 is 2.40 bits per heavy atom. The van der Waals surface area contributed by atoms with Gasteiger partial charge in [-0.05, 0) is 84.6 Å². The molecule has 0 radical (unpaired) electrons. The fourth-order valence-corrected chi connectivity index (χ4v) is 3.47. The Morgan fingerprint density at radius 2 is 1.80 bits per heavy atom. The number of nitrogens with zero attached hydrogens (tertiary/aromatic N) is 1. The number of carbonyl (C=O) groups is 1. The highest BCUT2D eigenvalue weighted by Gasteiger charge is 2.23. The molecule has 1 fully saturated rings. The number of amidine groups is 1. The zero-order valence-corrected chi connectivity index (χ0v) is 15.3. The second kappa shape index (κ2) is 7.15. The summed E-state index contributed by atoms with van der Waals surface area (Å²) in [6.45, 7) is 5.80. The summed E-state index contributed by atoms with van der Waals surface area (Å²) in [7, 11) is 0. The molecule has 0 unspecified atom stereocenters. The molecule has 4 nitrogen and oxygen atoms in total. The normalized spacial score (nSPS) is 17.3. The van der Waals surface area contributed by atoms with Gasteiger partial charge >= 0.3 is 0 Å². The number of hydrogen-bond donors (Lipinski definition) is 2. The van der Waals surface area contributed by atoms with Crippen LogP contribution in [0.3, 0.4) is 0 Å². The van der Waals surface area contributed by atoms with E-state index < -0.39 is 0 Å². The first-order valence-electron chi connectivity index (χ1n) is 8.15. The molecule has 0 aliphatic carbocycles. The van der Waals surface area contributed by atoms with Gasteiger partial charge in [0.05, 0.1) is 10.6 Å². The maximum absolute atomic E-state index is 12.2. The molecule has 2 N–H and O–H groups in total. The van der Waals surface area contributed by atoms with E-state index in [1.165, 1.54) is 17.3 Å². The molecule has 1 heterocycles. The van der Waals surface area contributed by atoms with E-state index in [0.717, 1.165) is 28.8 Å². The molecule has 2 aromatic carbocycles. The second-order valence-electron chi connectivity index (χ2n) is 6.01. The highest BCUT2D eigenvalue weighted by Crippen LogP contribution is 2.30. The Bertz CT molecular complexity index is 860. The van der Waals surface area contributed by atoms with Crippen LogP contribution in [-0.2, 0) is 11.2 Å². The molecule has 0 aromatic heterocycles. The molecule has 0 spiro atoms. The van der Waals surface area contributed by atoms with Crippen molar-refractivity contribution in [3.05, 3.63) is 63.6 Å². The Morgan fingerprint density at radius 1 is 1.16 bits per heavy atom. The van der Waals surface area contributed by atoms with Gasteiger partial charge in [-0.2, -0.15) is 0 Å². The highest BCUT2D eigenvalue weighted by molar-refractivity contribution is 8.18. The SMILES string of the molecule is CCc1ccc(N=C2NC(=O)C(=Cc3cc(C)c(O)c(C)c3)S2)cc1. The van der Waals surface area contributed by atoms with E-state index in [0.29, 0.717) is 15.8 Å². The van der Waals surface area contributed by atoms with Gasteiger partial charge in [-0.3, -0.25) is 4.79 Å². The van der Waals surface area contributed by atoms with Crippen LogP contribution in [0.15, 0.2) is 46.3 Å². The van der Waals surface area contributed by atoms with Gasteiger partial charge in [-0.25, -0.2) is 4.99 Å². The molecular weight excluding hydrogens is 332 g/mol. The maximum Gasteiger partial charge on any atom is 0.264 e. The zero-order chi connectivity index (χ0) is 18.0. The maximum atomic E-state index is 12.2. The van der Waals surface area contributed by atoms with E-state index >= 15 is 0 Å². The van der Waals surface area contributed by atoms with Crippen molar-refractivity contribution in [2.24, 2.45) is 4.99 Å². The third-order valence-electron chi connectivity index (χ3n) is 4.04. The molecule has 128 valence electrons. The first kappa shape index (κ1) is 17.3. The lowest BCUT2D eigenvalue weighted by Gasteiger charge is -2.05. The minimum atomic E-state index is -0.155. The number of thioether (sulfide) groups is 1. The van der Waals surface area contributed by atoms with Crippen LogP contribution in [0.5, 0.6) is 5.75 Å². The van der Waals surface area contributed by atoms with Gasteiger partial charge in [0, 0.05) is 0 Å². The van der Waals surface area contributed by atoms with E-state index in [1.54, 1.807) is 0 Å². The summed E-state index contributed by atoms with van der Waals surface area (Å²) in [6.07, 6.45) is 2.81. The predicted molar refractivity (Wildman–Crippen MR) is 104 cm³/mol. The summed E-state index contributed by atoms with van der Waals surface area (Å²) in [4.78, 5) is 17.3. The number of aliphatic imine (C=N–C) groups is 1. The molecule has 25 heavy (non-hydrogen) atoms. The van der Waals surface area contributed by atoms with Gasteiger partial charge in [0.15, 0.2) is 5.17 Å². The molecular formula is C20H20N2O2S. The number of hydrogen-bond acceptors (Lipinski definition) is 4. The molecule has 0 saturated carbocycles. The quantitative estimate of drug-likeness (QED) is 0.802. The van der Waals surface area contributed by atoms with Crippen LogP contribution in [0.25, 0.3) is 6.08 Å². The number of phenols is 1. The minimum Gasteiger partial charge on any atom is -0.507 e. The van der Waals surface area contributed by atoms with Gasteiger partial charge in [0.25, 0.3) is 5.91 Å². The van der Waals surface area contributed by atoms with Crippen molar-refractivity contribution in [2.75, 3.05) is 0 Å². The lowest BCUT2D eigenvalue weighted by molar-refractivity contribution is -0.115. The van der Waals surface area contributed by atoms with Gasteiger partial charge in [0.2, 0.25) is 0 Å². The summed E-state index contributed by atoms with van der Waals surface area (Å²) in [5.41, 5.74) is 4.54. The lowest BCUT2D eigenvalue weighted by atomic mass is 10.1. The Hall–Kier alpha value is -2.53. The molecule has 1 saturated heterocycles. The van der Waals surface area contributed by atoms with Crippen molar-refractivity contribution in [3.8, 4) is 5.75 Å². The van der Waals surface area contributed by atoms with Crippen molar-refractivity contribution in [1.82, 2.24) is 5.32 Å². The summed E-state index contributed by atoms with van der Waals surface area (Å²) >= 11 is 1.32. The minimum absolute atomic E-state index is 0.155. The number of rotatable bonds is 3. The monoisotopic (exact) mass is 352 g/mol. The van der Waals surface area contributed by atoms with Crippen LogP contribution >= 0.6 is 11.8 Å². The third kappa shape index (κ3) is 3.94.